The van der Waals surface area contributed by atoms with Crippen molar-refractivity contribution in [3.05, 3.63) is 65.5 Å². The number of nitrogens with two attached hydrogens (primary N) is 1. The number of hydrogen-bond acceptors (Lipinski definition) is 3. The maximum absolute atomic E-state index is 14.4. The van der Waals surface area contributed by atoms with E-state index in [4.69, 9.17) is 5.73 Å². The molecule has 0 radical (unpaired) electrons. The van der Waals surface area contributed by atoms with Crippen molar-refractivity contribution in [3.63, 3.8) is 0 Å². The summed E-state index contributed by atoms with van der Waals surface area (Å²) in [6.45, 7) is 3.67. The average molecular weight is 339 g/mol. The second-order valence-corrected chi connectivity index (χ2v) is 6.08. The molecule has 0 aromatic heterocycles. The van der Waals surface area contributed by atoms with Gasteiger partial charge in [0.25, 0.3) is 11.8 Å². The number of amides is 2. The number of primary amides is 1. The lowest BCUT2D eigenvalue weighted by molar-refractivity contribution is -0.128. The van der Waals surface area contributed by atoms with Gasteiger partial charge in [-0.05, 0) is 32.0 Å². The van der Waals surface area contributed by atoms with Crippen LogP contribution in [0.4, 0.5) is 10.1 Å². The van der Waals surface area contributed by atoms with E-state index in [1.807, 2.05) is 13.8 Å². The van der Waals surface area contributed by atoms with E-state index in [9.17, 15) is 14.0 Å². The van der Waals surface area contributed by atoms with Crippen molar-refractivity contribution in [2.45, 2.75) is 25.9 Å². The van der Waals surface area contributed by atoms with Crippen molar-refractivity contribution in [3.8, 4) is 0 Å². The lowest BCUT2D eigenvalue weighted by atomic mass is 9.99. The van der Waals surface area contributed by atoms with E-state index in [0.717, 1.165) is 0 Å². The smallest absolute Gasteiger partial charge is 0.261 e. The van der Waals surface area contributed by atoms with Gasteiger partial charge in [-0.1, -0.05) is 30.3 Å². The SMILES string of the molecule is CC(C)N1C(=O)C(C(N)=O)N=C(c2ccccc2F)c2ccccc21. The van der Waals surface area contributed by atoms with Gasteiger partial charge < -0.3 is 10.6 Å². The van der Waals surface area contributed by atoms with E-state index in [0.29, 0.717) is 11.3 Å². The Labute approximate surface area is 145 Å². The minimum atomic E-state index is -1.40. The third kappa shape index (κ3) is 2.91. The molecule has 0 saturated heterocycles. The van der Waals surface area contributed by atoms with Gasteiger partial charge in [0.05, 0.1) is 11.4 Å². The summed E-state index contributed by atoms with van der Waals surface area (Å²) < 4.78 is 14.4. The Hall–Kier alpha value is -3.02. The number of carbonyl (C=O) groups excluding carboxylic acids is 2. The highest BCUT2D eigenvalue weighted by Crippen LogP contribution is 2.30. The zero-order valence-electron chi connectivity index (χ0n) is 13.9. The molecule has 25 heavy (non-hydrogen) atoms. The van der Waals surface area contributed by atoms with E-state index in [2.05, 4.69) is 4.99 Å². The number of nitrogens with zero attached hydrogens (tertiary/aromatic N) is 2. The van der Waals surface area contributed by atoms with Crippen molar-refractivity contribution < 1.29 is 14.0 Å². The number of rotatable bonds is 3. The summed E-state index contributed by atoms with van der Waals surface area (Å²) in [6, 6.07) is 11.6. The van der Waals surface area contributed by atoms with E-state index < -0.39 is 23.7 Å². The molecule has 2 amide bonds. The summed E-state index contributed by atoms with van der Waals surface area (Å²) in [7, 11) is 0. The van der Waals surface area contributed by atoms with E-state index >= 15 is 0 Å². The number of benzene rings is 2. The van der Waals surface area contributed by atoms with Gasteiger partial charge in [0, 0.05) is 17.2 Å². The van der Waals surface area contributed by atoms with E-state index in [-0.39, 0.29) is 17.3 Å². The molecule has 128 valence electrons. The first-order valence-corrected chi connectivity index (χ1v) is 7.96. The molecule has 5 nitrogen and oxygen atoms in total. The van der Waals surface area contributed by atoms with Crippen LogP contribution >= 0.6 is 0 Å². The highest BCUT2D eigenvalue weighted by Gasteiger charge is 2.36. The number of fused-ring (bicyclic) bond motifs is 1. The molecule has 1 atom stereocenters. The van der Waals surface area contributed by atoms with Crippen LogP contribution in [0.3, 0.4) is 0 Å². The largest absolute Gasteiger partial charge is 0.367 e. The summed E-state index contributed by atoms with van der Waals surface area (Å²) in [4.78, 5) is 30.5. The van der Waals surface area contributed by atoms with Gasteiger partial charge in [-0.2, -0.15) is 0 Å². The van der Waals surface area contributed by atoms with Crippen LogP contribution in [0.1, 0.15) is 25.0 Å². The molecule has 0 fully saturated rings. The quantitative estimate of drug-likeness (QED) is 0.871. The topological polar surface area (TPSA) is 75.8 Å². The van der Waals surface area contributed by atoms with E-state index in [1.165, 1.54) is 11.0 Å². The fraction of sp³-hybridized carbons (Fsp3) is 0.211. The number of aliphatic imine (C=N–C) groups is 1. The van der Waals surface area contributed by atoms with E-state index in [1.54, 1.807) is 42.5 Å². The van der Waals surface area contributed by atoms with Crippen LogP contribution in [0.5, 0.6) is 0 Å². The number of halogens is 1. The number of anilines is 1. The Morgan fingerprint density at radius 2 is 1.72 bits per heavy atom. The predicted molar refractivity (Wildman–Crippen MR) is 94.1 cm³/mol. The van der Waals surface area contributed by atoms with Gasteiger partial charge in [-0.25, -0.2) is 4.39 Å². The van der Waals surface area contributed by atoms with Crippen molar-refractivity contribution in [1.82, 2.24) is 0 Å². The molecule has 1 heterocycles. The first-order chi connectivity index (χ1) is 11.9. The Kier molecular flexibility index (Phi) is 4.35. The summed E-state index contributed by atoms with van der Waals surface area (Å²) in [5, 5.41) is 0. The third-order valence-corrected chi connectivity index (χ3v) is 4.06. The predicted octanol–water partition coefficient (Wildman–Crippen LogP) is 2.27. The Bertz CT molecular complexity index is 876. The summed E-state index contributed by atoms with van der Waals surface area (Å²) in [5.74, 6) is -1.86. The molecule has 1 unspecified atom stereocenters. The molecule has 0 aliphatic carbocycles. The Morgan fingerprint density at radius 1 is 1.12 bits per heavy atom. The highest BCUT2D eigenvalue weighted by molar-refractivity contribution is 6.23. The molecule has 6 heteroatoms. The molecule has 2 aromatic rings. The summed E-state index contributed by atoms with van der Waals surface area (Å²) >= 11 is 0. The van der Waals surface area contributed by atoms with Gasteiger partial charge in [-0.15, -0.1) is 0 Å². The Balaban J connectivity index is 2.33. The van der Waals surface area contributed by atoms with Gasteiger partial charge in [0.2, 0.25) is 6.04 Å². The molecule has 0 bridgehead atoms. The number of para-hydroxylation sites is 1. The van der Waals surface area contributed by atoms with Crippen LogP contribution in [-0.4, -0.2) is 29.6 Å². The lowest BCUT2D eigenvalue weighted by Crippen LogP contribution is -2.47. The molecular formula is C19H18FN3O2. The minimum Gasteiger partial charge on any atom is -0.367 e. The molecule has 1 aliphatic heterocycles. The molecular weight excluding hydrogens is 321 g/mol. The lowest BCUT2D eigenvalue weighted by Gasteiger charge is -2.28. The van der Waals surface area contributed by atoms with Gasteiger partial charge in [0.1, 0.15) is 5.82 Å². The molecule has 2 N–H and O–H groups in total. The highest BCUT2D eigenvalue weighted by atomic mass is 19.1. The maximum atomic E-state index is 14.4. The number of hydrogen-bond donors (Lipinski definition) is 1. The van der Waals surface area contributed by atoms with Gasteiger partial charge >= 0.3 is 0 Å². The molecule has 0 saturated carbocycles. The van der Waals surface area contributed by atoms with Gasteiger partial charge in [-0.3, -0.25) is 14.6 Å². The molecule has 0 spiro atoms. The monoisotopic (exact) mass is 339 g/mol. The zero-order chi connectivity index (χ0) is 18.1. The summed E-state index contributed by atoms with van der Waals surface area (Å²) in [5.41, 5.74) is 7.04. The fourth-order valence-electron chi connectivity index (χ4n) is 2.97. The van der Waals surface area contributed by atoms with Crippen LogP contribution in [-0.2, 0) is 9.59 Å². The van der Waals surface area contributed by atoms with Crippen LogP contribution in [0.15, 0.2) is 53.5 Å². The average Bonchev–Trinajstić information content (AvgIpc) is 2.69. The number of carbonyl (C=O) groups is 2. The van der Waals surface area contributed by atoms with Crippen LogP contribution in [0, 0.1) is 5.82 Å². The zero-order valence-corrected chi connectivity index (χ0v) is 13.9. The first-order valence-electron chi connectivity index (χ1n) is 7.96. The molecule has 3 rings (SSSR count). The normalized spacial score (nSPS) is 17.1. The van der Waals surface area contributed by atoms with Gasteiger partial charge in [0.15, 0.2) is 0 Å². The number of benzodiazepines with no additional fused rings is 1. The Morgan fingerprint density at radius 3 is 2.32 bits per heavy atom. The minimum absolute atomic E-state index is 0.217. The third-order valence-electron chi connectivity index (χ3n) is 4.06. The summed E-state index contributed by atoms with van der Waals surface area (Å²) in [6.07, 6.45) is 0. The second kappa shape index (κ2) is 6.47. The fourth-order valence-corrected chi connectivity index (χ4v) is 2.97. The van der Waals surface area contributed by atoms with Crippen LogP contribution < -0.4 is 10.6 Å². The van der Waals surface area contributed by atoms with Crippen LogP contribution in [0.25, 0.3) is 0 Å². The molecule has 2 aromatic carbocycles. The second-order valence-electron chi connectivity index (χ2n) is 6.08. The van der Waals surface area contributed by atoms with Crippen molar-refractivity contribution in [2.24, 2.45) is 10.7 Å². The first kappa shape index (κ1) is 16.8. The maximum Gasteiger partial charge on any atom is 0.261 e. The standard InChI is InChI=1S/C19H18FN3O2/c1-11(2)23-15-10-6-4-8-13(15)16(12-7-3-5-9-14(12)20)22-17(18(21)24)19(23)25/h3-11,17H,1-2H3,(H2,21,24). The molecule has 1 aliphatic rings. The van der Waals surface area contributed by atoms with Crippen molar-refractivity contribution in [2.75, 3.05) is 4.90 Å². The van der Waals surface area contributed by atoms with Crippen LogP contribution in [0.2, 0.25) is 0 Å². The van der Waals surface area contributed by atoms with Crippen molar-refractivity contribution in [1.29, 1.82) is 0 Å². The van der Waals surface area contributed by atoms with Crippen molar-refractivity contribution >= 4 is 23.2 Å².